The van der Waals surface area contributed by atoms with Gasteiger partial charge in [-0.1, -0.05) is 40.2 Å². The van der Waals surface area contributed by atoms with Crippen molar-refractivity contribution in [2.75, 3.05) is 0 Å². The smallest absolute Gasteiger partial charge is 0.303 e. The van der Waals surface area contributed by atoms with Gasteiger partial charge in [0, 0.05) is 4.47 Å². The van der Waals surface area contributed by atoms with E-state index in [2.05, 4.69) is 21.2 Å². The largest absolute Gasteiger partial charge is 0.329 e. The van der Waals surface area contributed by atoms with Gasteiger partial charge in [-0.15, -0.1) is 0 Å². The molecule has 0 aromatic heterocycles. The van der Waals surface area contributed by atoms with Crippen molar-refractivity contribution in [3.8, 4) is 0 Å². The lowest BCUT2D eigenvalue weighted by atomic mass is 10.2. The minimum absolute atomic E-state index is 0.0998. The van der Waals surface area contributed by atoms with Crippen molar-refractivity contribution in [2.24, 2.45) is 0 Å². The summed E-state index contributed by atoms with van der Waals surface area (Å²) in [5.41, 5.74) is 1.71. The Bertz CT molecular complexity index is 785. The number of amides is 3. The summed E-state index contributed by atoms with van der Waals surface area (Å²) in [7, 11) is 0. The molecule has 4 nitrogen and oxygen atoms in total. The lowest BCUT2D eigenvalue weighted by Crippen LogP contribution is -2.30. The zero-order valence-electron chi connectivity index (χ0n) is 11.9. The number of carbonyl (C=O) groups excluding carboxylic acids is 2. The Labute approximate surface area is 140 Å². The van der Waals surface area contributed by atoms with Gasteiger partial charge in [0.05, 0.1) is 6.54 Å². The summed E-state index contributed by atoms with van der Waals surface area (Å²) in [5, 5.41) is 2.56. The molecule has 2 aromatic rings. The van der Waals surface area contributed by atoms with Crippen LogP contribution >= 0.6 is 15.9 Å². The molecule has 3 rings (SSSR count). The highest BCUT2D eigenvalue weighted by Crippen LogP contribution is 2.18. The van der Waals surface area contributed by atoms with E-state index in [1.807, 2.05) is 24.3 Å². The maximum atomic E-state index is 12.9. The second-order valence-corrected chi connectivity index (χ2v) is 5.97. The van der Waals surface area contributed by atoms with Crippen LogP contribution in [0.3, 0.4) is 0 Å². The molecule has 0 spiro atoms. The Kier molecular flexibility index (Phi) is 4.25. The number of urea groups is 1. The first kappa shape index (κ1) is 15.4. The van der Waals surface area contributed by atoms with E-state index in [4.69, 9.17) is 0 Å². The van der Waals surface area contributed by atoms with Gasteiger partial charge in [0.15, 0.2) is 0 Å². The molecular weight excluding hydrogens is 363 g/mol. The average Bonchev–Trinajstić information content (AvgIpc) is 2.79. The van der Waals surface area contributed by atoms with Gasteiger partial charge in [0.2, 0.25) is 0 Å². The van der Waals surface area contributed by atoms with Crippen molar-refractivity contribution >= 4 is 33.9 Å². The van der Waals surface area contributed by atoms with Gasteiger partial charge in [-0.2, -0.15) is 0 Å². The predicted molar refractivity (Wildman–Crippen MR) is 87.6 cm³/mol. The fourth-order valence-corrected chi connectivity index (χ4v) is 2.48. The fourth-order valence-electron chi connectivity index (χ4n) is 2.21. The van der Waals surface area contributed by atoms with E-state index in [0.717, 1.165) is 14.9 Å². The van der Waals surface area contributed by atoms with Crippen LogP contribution in [0.15, 0.2) is 58.7 Å². The van der Waals surface area contributed by atoms with Crippen molar-refractivity contribution in [2.45, 2.75) is 6.54 Å². The van der Waals surface area contributed by atoms with Crippen LogP contribution in [0.1, 0.15) is 11.1 Å². The van der Waals surface area contributed by atoms with Gasteiger partial charge in [-0.05, 0) is 41.5 Å². The van der Waals surface area contributed by atoms with Crippen LogP contribution in [0.2, 0.25) is 0 Å². The van der Waals surface area contributed by atoms with Gasteiger partial charge in [0.25, 0.3) is 5.91 Å². The first-order valence-corrected chi connectivity index (χ1v) is 7.67. The van der Waals surface area contributed by atoms with Crippen LogP contribution < -0.4 is 5.32 Å². The molecule has 1 fully saturated rings. The lowest BCUT2D eigenvalue weighted by molar-refractivity contribution is -0.123. The highest BCUT2D eigenvalue weighted by atomic mass is 79.9. The monoisotopic (exact) mass is 374 g/mol. The van der Waals surface area contributed by atoms with Crippen molar-refractivity contribution in [1.82, 2.24) is 10.2 Å². The standard InChI is InChI=1S/C17H12BrFN2O2/c18-13-5-1-11(2-6-13)9-15-16(22)21(17(23)20-15)10-12-3-7-14(19)8-4-12/h1-9H,10H2,(H,20,23)/b15-9-. The summed E-state index contributed by atoms with van der Waals surface area (Å²) < 4.78 is 13.8. The second kappa shape index (κ2) is 6.34. The Balaban J connectivity index is 1.79. The Morgan fingerprint density at radius 2 is 1.70 bits per heavy atom. The summed E-state index contributed by atoms with van der Waals surface area (Å²) in [5.74, 6) is -0.760. The molecule has 0 unspecified atom stereocenters. The van der Waals surface area contributed by atoms with Crippen LogP contribution in [0, 0.1) is 5.82 Å². The van der Waals surface area contributed by atoms with Crippen LogP contribution in [0.25, 0.3) is 6.08 Å². The molecule has 1 aliphatic rings. The highest BCUT2D eigenvalue weighted by molar-refractivity contribution is 9.10. The normalized spacial score (nSPS) is 16.1. The van der Waals surface area contributed by atoms with Gasteiger partial charge in [-0.25, -0.2) is 9.18 Å². The van der Waals surface area contributed by atoms with Crippen molar-refractivity contribution < 1.29 is 14.0 Å². The number of halogens is 2. The topological polar surface area (TPSA) is 49.4 Å². The predicted octanol–water partition coefficient (Wildman–Crippen LogP) is 3.68. The third kappa shape index (κ3) is 3.48. The number of hydrogen-bond acceptors (Lipinski definition) is 2. The Hall–Kier alpha value is -2.47. The first-order chi connectivity index (χ1) is 11.0. The lowest BCUT2D eigenvalue weighted by Gasteiger charge is -2.11. The van der Waals surface area contributed by atoms with Gasteiger partial charge in [-0.3, -0.25) is 9.69 Å². The van der Waals surface area contributed by atoms with E-state index in [1.165, 1.54) is 12.1 Å². The fraction of sp³-hybridized carbons (Fsp3) is 0.0588. The molecule has 116 valence electrons. The molecule has 1 aliphatic heterocycles. The third-order valence-electron chi connectivity index (χ3n) is 3.40. The number of imide groups is 1. The van der Waals surface area contributed by atoms with E-state index in [0.29, 0.717) is 5.56 Å². The molecule has 0 radical (unpaired) electrons. The molecule has 1 heterocycles. The number of hydrogen-bond donors (Lipinski definition) is 1. The highest BCUT2D eigenvalue weighted by Gasteiger charge is 2.33. The van der Waals surface area contributed by atoms with Crippen molar-refractivity contribution in [1.29, 1.82) is 0 Å². The van der Waals surface area contributed by atoms with E-state index < -0.39 is 11.9 Å². The Morgan fingerprint density at radius 3 is 2.35 bits per heavy atom. The third-order valence-corrected chi connectivity index (χ3v) is 3.93. The molecule has 6 heteroatoms. The average molecular weight is 375 g/mol. The van der Waals surface area contributed by atoms with Gasteiger partial charge >= 0.3 is 6.03 Å². The number of nitrogens with one attached hydrogen (secondary N) is 1. The minimum Gasteiger partial charge on any atom is -0.303 e. The molecule has 23 heavy (non-hydrogen) atoms. The minimum atomic E-state index is -0.484. The summed E-state index contributed by atoms with van der Waals surface area (Å²) in [4.78, 5) is 25.4. The SMILES string of the molecule is O=C1N/C(=C\c2ccc(Br)cc2)C(=O)N1Cc1ccc(F)cc1. The molecule has 3 amide bonds. The summed E-state index contributed by atoms with van der Waals surface area (Å²) in [6, 6.07) is 12.6. The van der Waals surface area contributed by atoms with Crippen LogP contribution in [0.4, 0.5) is 9.18 Å². The molecular formula is C17H12BrFN2O2. The quantitative estimate of drug-likeness (QED) is 0.657. The molecule has 1 saturated heterocycles. The van der Waals surface area contributed by atoms with Crippen LogP contribution in [-0.4, -0.2) is 16.8 Å². The van der Waals surface area contributed by atoms with E-state index in [-0.39, 0.29) is 18.1 Å². The van der Waals surface area contributed by atoms with E-state index in [1.54, 1.807) is 18.2 Å². The van der Waals surface area contributed by atoms with Gasteiger partial charge in [0.1, 0.15) is 11.5 Å². The molecule has 1 N–H and O–H groups in total. The summed E-state index contributed by atoms with van der Waals surface area (Å²) in [6.07, 6.45) is 1.62. The summed E-state index contributed by atoms with van der Waals surface area (Å²) in [6.45, 7) is 0.0998. The summed E-state index contributed by atoms with van der Waals surface area (Å²) >= 11 is 3.34. The number of carbonyl (C=O) groups is 2. The van der Waals surface area contributed by atoms with E-state index in [9.17, 15) is 14.0 Å². The van der Waals surface area contributed by atoms with Gasteiger partial charge < -0.3 is 5.32 Å². The van der Waals surface area contributed by atoms with E-state index >= 15 is 0 Å². The molecule has 0 saturated carbocycles. The first-order valence-electron chi connectivity index (χ1n) is 6.87. The van der Waals surface area contributed by atoms with Crippen LogP contribution in [0.5, 0.6) is 0 Å². The van der Waals surface area contributed by atoms with Crippen LogP contribution in [-0.2, 0) is 11.3 Å². The molecule has 0 atom stereocenters. The zero-order chi connectivity index (χ0) is 16.4. The zero-order valence-corrected chi connectivity index (χ0v) is 13.5. The molecule has 0 aliphatic carbocycles. The number of benzene rings is 2. The second-order valence-electron chi connectivity index (χ2n) is 5.06. The number of nitrogens with zero attached hydrogens (tertiary/aromatic N) is 1. The maximum absolute atomic E-state index is 12.9. The van der Waals surface area contributed by atoms with Crippen molar-refractivity contribution in [3.63, 3.8) is 0 Å². The molecule has 2 aromatic carbocycles. The maximum Gasteiger partial charge on any atom is 0.329 e. The molecule has 0 bridgehead atoms. The Morgan fingerprint density at radius 1 is 1.04 bits per heavy atom. The van der Waals surface area contributed by atoms with Crippen molar-refractivity contribution in [3.05, 3.63) is 75.6 Å². The number of rotatable bonds is 3.